The molecule has 1 aromatic carbocycles. The molecule has 33 heavy (non-hydrogen) atoms. The van der Waals surface area contributed by atoms with Crippen LogP contribution >= 0.6 is 0 Å². The van der Waals surface area contributed by atoms with Gasteiger partial charge in [-0.1, -0.05) is 13.3 Å². The van der Waals surface area contributed by atoms with Crippen LogP contribution in [0, 0.1) is 0 Å². The van der Waals surface area contributed by atoms with E-state index in [1.54, 1.807) is 13.2 Å². The summed E-state index contributed by atoms with van der Waals surface area (Å²) in [6, 6.07) is 4.17. The van der Waals surface area contributed by atoms with E-state index >= 15 is 0 Å². The zero-order valence-electron chi connectivity index (χ0n) is 20.6. The van der Waals surface area contributed by atoms with E-state index in [1.165, 1.54) is 12.2 Å². The monoisotopic (exact) mass is 457 g/mol. The van der Waals surface area contributed by atoms with E-state index in [0.717, 1.165) is 76.3 Å². The molecule has 0 N–H and O–H groups in total. The van der Waals surface area contributed by atoms with Crippen molar-refractivity contribution in [3.63, 3.8) is 0 Å². The second kappa shape index (κ2) is 12.2. The molecule has 7 nitrogen and oxygen atoms in total. The van der Waals surface area contributed by atoms with Crippen molar-refractivity contribution >= 4 is 11.7 Å². The number of benzene rings is 1. The minimum absolute atomic E-state index is 0.0983. The predicted molar refractivity (Wildman–Crippen MR) is 130 cm³/mol. The first-order valence-corrected chi connectivity index (χ1v) is 12.2. The summed E-state index contributed by atoms with van der Waals surface area (Å²) in [7, 11) is 3.71. The Bertz CT molecular complexity index is 838. The van der Waals surface area contributed by atoms with Crippen LogP contribution in [-0.4, -0.2) is 92.5 Å². The highest BCUT2D eigenvalue weighted by atomic mass is 16.5. The van der Waals surface area contributed by atoms with Crippen molar-refractivity contribution in [2.24, 2.45) is 0 Å². The first-order chi connectivity index (χ1) is 16.0. The van der Waals surface area contributed by atoms with Crippen molar-refractivity contribution in [1.82, 2.24) is 14.7 Å². The molecule has 0 aromatic heterocycles. The molecule has 0 spiro atoms. The smallest absolute Gasteiger partial charge is 0.246 e. The number of hydrogen-bond acceptors (Lipinski definition) is 6. The molecule has 0 aliphatic carbocycles. The highest BCUT2D eigenvalue weighted by Gasteiger charge is 2.28. The Morgan fingerprint density at radius 2 is 1.70 bits per heavy atom. The number of ketones is 1. The lowest BCUT2D eigenvalue weighted by Crippen LogP contribution is -2.52. The summed E-state index contributed by atoms with van der Waals surface area (Å²) in [6.45, 7) is 10.5. The molecule has 1 aromatic rings. The number of allylic oxidation sites excluding steroid dienone is 1. The van der Waals surface area contributed by atoms with Crippen molar-refractivity contribution in [3.8, 4) is 11.5 Å². The Balaban J connectivity index is 1.61. The SMILES string of the molecule is CCCc1cc(C(=O)C=CC(=O)N2CCC(N3CCN(C)CC3)CC2)c(OC)cc1OCC. The van der Waals surface area contributed by atoms with Gasteiger partial charge in [0.2, 0.25) is 5.91 Å². The molecule has 2 aliphatic rings. The van der Waals surface area contributed by atoms with E-state index in [0.29, 0.717) is 24.0 Å². The number of hydrogen-bond donors (Lipinski definition) is 0. The number of piperazine rings is 1. The number of carbonyl (C=O) groups is 2. The van der Waals surface area contributed by atoms with Gasteiger partial charge in [-0.05, 0) is 50.9 Å². The Morgan fingerprint density at radius 1 is 1.00 bits per heavy atom. The van der Waals surface area contributed by atoms with E-state index < -0.39 is 0 Å². The highest BCUT2D eigenvalue weighted by Crippen LogP contribution is 2.31. The number of likely N-dealkylation sites (tertiary alicyclic amines) is 1. The molecule has 2 saturated heterocycles. The molecule has 0 saturated carbocycles. The van der Waals surface area contributed by atoms with Crippen LogP contribution in [0.25, 0.3) is 0 Å². The quantitative estimate of drug-likeness (QED) is 0.420. The number of piperidine rings is 1. The first-order valence-electron chi connectivity index (χ1n) is 12.2. The van der Waals surface area contributed by atoms with Gasteiger partial charge in [0.15, 0.2) is 5.78 Å². The Hall–Kier alpha value is -2.38. The molecule has 0 atom stereocenters. The minimum Gasteiger partial charge on any atom is -0.496 e. The summed E-state index contributed by atoms with van der Waals surface area (Å²) in [4.78, 5) is 32.5. The van der Waals surface area contributed by atoms with E-state index in [2.05, 4.69) is 23.8 Å². The topological polar surface area (TPSA) is 62.3 Å². The van der Waals surface area contributed by atoms with Gasteiger partial charge in [0.1, 0.15) is 11.5 Å². The number of rotatable bonds is 9. The molecule has 0 unspecified atom stereocenters. The van der Waals surface area contributed by atoms with Crippen molar-refractivity contribution < 1.29 is 19.1 Å². The zero-order chi connectivity index (χ0) is 23.8. The fourth-order valence-electron chi connectivity index (χ4n) is 4.70. The third-order valence-electron chi connectivity index (χ3n) is 6.67. The van der Waals surface area contributed by atoms with Gasteiger partial charge in [0.05, 0.1) is 19.3 Å². The predicted octanol–water partition coefficient (Wildman–Crippen LogP) is 3.02. The van der Waals surface area contributed by atoms with Crippen molar-refractivity contribution in [1.29, 1.82) is 0 Å². The molecule has 2 heterocycles. The lowest BCUT2D eigenvalue weighted by Gasteiger charge is -2.41. The number of nitrogens with zero attached hydrogens (tertiary/aromatic N) is 3. The molecule has 1 amide bonds. The van der Waals surface area contributed by atoms with Gasteiger partial charge in [-0.25, -0.2) is 0 Å². The lowest BCUT2D eigenvalue weighted by molar-refractivity contribution is -0.127. The molecular formula is C26H39N3O4. The van der Waals surface area contributed by atoms with Crippen molar-refractivity contribution in [2.75, 3.05) is 60.0 Å². The van der Waals surface area contributed by atoms with Crippen LogP contribution in [0.2, 0.25) is 0 Å². The summed E-state index contributed by atoms with van der Waals surface area (Å²) in [5.41, 5.74) is 1.44. The zero-order valence-corrected chi connectivity index (χ0v) is 20.6. The van der Waals surface area contributed by atoms with Crippen LogP contribution in [0.15, 0.2) is 24.3 Å². The molecular weight excluding hydrogens is 418 g/mol. The highest BCUT2D eigenvalue weighted by molar-refractivity contribution is 6.09. The summed E-state index contributed by atoms with van der Waals surface area (Å²) in [5.74, 6) is 0.885. The average molecular weight is 458 g/mol. The van der Waals surface area contributed by atoms with Gasteiger partial charge in [0, 0.05) is 57.5 Å². The van der Waals surface area contributed by atoms with E-state index in [1.807, 2.05) is 17.9 Å². The molecule has 0 radical (unpaired) electrons. The Morgan fingerprint density at radius 3 is 2.30 bits per heavy atom. The largest absolute Gasteiger partial charge is 0.496 e. The number of aryl methyl sites for hydroxylation is 1. The third kappa shape index (κ3) is 6.58. The second-order valence-corrected chi connectivity index (χ2v) is 8.94. The van der Waals surface area contributed by atoms with Crippen LogP contribution < -0.4 is 9.47 Å². The lowest BCUT2D eigenvalue weighted by atomic mass is 10.0. The van der Waals surface area contributed by atoms with Crippen LogP contribution in [0.5, 0.6) is 11.5 Å². The summed E-state index contributed by atoms with van der Waals surface area (Å²) in [6.07, 6.45) is 6.52. The van der Waals surface area contributed by atoms with E-state index in [-0.39, 0.29) is 11.7 Å². The second-order valence-electron chi connectivity index (χ2n) is 8.94. The number of methoxy groups -OCH3 is 1. The third-order valence-corrected chi connectivity index (χ3v) is 6.67. The van der Waals surface area contributed by atoms with Crippen LogP contribution in [0.4, 0.5) is 0 Å². The van der Waals surface area contributed by atoms with Crippen LogP contribution in [0.1, 0.15) is 49.0 Å². The molecule has 7 heteroatoms. The summed E-state index contributed by atoms with van der Waals surface area (Å²) < 4.78 is 11.2. The average Bonchev–Trinajstić information content (AvgIpc) is 2.84. The van der Waals surface area contributed by atoms with Crippen molar-refractivity contribution in [2.45, 2.75) is 45.6 Å². The standard InChI is InChI=1S/C26H39N3O4/c1-5-7-20-18-22(25(32-4)19-24(20)33-6-2)23(30)8-9-26(31)29-12-10-21(11-13-29)28-16-14-27(3)15-17-28/h8-9,18-19,21H,5-7,10-17H2,1-4H3. The fraction of sp³-hybridized carbons (Fsp3) is 0.615. The van der Waals surface area contributed by atoms with Crippen LogP contribution in [-0.2, 0) is 11.2 Å². The van der Waals surface area contributed by atoms with Crippen molar-refractivity contribution in [3.05, 3.63) is 35.4 Å². The van der Waals surface area contributed by atoms with E-state index in [4.69, 9.17) is 9.47 Å². The van der Waals surface area contributed by atoms with Gasteiger partial charge in [-0.3, -0.25) is 14.5 Å². The van der Waals surface area contributed by atoms with Gasteiger partial charge in [-0.15, -0.1) is 0 Å². The maximum atomic E-state index is 12.9. The molecule has 0 bridgehead atoms. The number of ether oxygens (including phenoxy) is 2. The molecule has 2 fully saturated rings. The number of amides is 1. The number of likely N-dealkylation sites (N-methyl/N-ethyl adjacent to an activating group) is 1. The maximum absolute atomic E-state index is 12.9. The van der Waals surface area contributed by atoms with Gasteiger partial charge >= 0.3 is 0 Å². The molecule has 182 valence electrons. The van der Waals surface area contributed by atoms with Gasteiger partial charge < -0.3 is 19.3 Å². The van der Waals surface area contributed by atoms with E-state index in [9.17, 15) is 9.59 Å². The number of carbonyl (C=O) groups excluding carboxylic acids is 2. The van der Waals surface area contributed by atoms with Crippen LogP contribution in [0.3, 0.4) is 0 Å². The summed E-state index contributed by atoms with van der Waals surface area (Å²) >= 11 is 0. The maximum Gasteiger partial charge on any atom is 0.246 e. The molecule has 2 aliphatic heterocycles. The first kappa shape index (κ1) is 25.2. The van der Waals surface area contributed by atoms with Gasteiger partial charge in [0.25, 0.3) is 0 Å². The fourth-order valence-corrected chi connectivity index (χ4v) is 4.70. The summed E-state index contributed by atoms with van der Waals surface area (Å²) in [5, 5.41) is 0. The Kier molecular flexibility index (Phi) is 9.32. The Labute approximate surface area is 198 Å². The molecule has 3 rings (SSSR count). The minimum atomic E-state index is -0.229. The van der Waals surface area contributed by atoms with Gasteiger partial charge in [-0.2, -0.15) is 0 Å². The normalized spacial score (nSPS) is 18.6.